The van der Waals surface area contributed by atoms with Crippen LogP contribution in [0.5, 0.6) is 0 Å². The largest absolute Gasteiger partial charge is 0.450 e. The van der Waals surface area contributed by atoms with Crippen molar-refractivity contribution in [2.24, 2.45) is 5.73 Å². The van der Waals surface area contributed by atoms with Crippen LogP contribution < -0.4 is 11.1 Å². The summed E-state index contributed by atoms with van der Waals surface area (Å²) in [6.07, 6.45) is 1.15. The van der Waals surface area contributed by atoms with E-state index in [1.54, 1.807) is 0 Å². The number of nitrogens with one attached hydrogen (secondary N) is 1. The lowest BCUT2D eigenvalue weighted by atomic mass is 10.1. The molecule has 0 aromatic carbocycles. The van der Waals surface area contributed by atoms with E-state index in [9.17, 15) is 4.79 Å². The summed E-state index contributed by atoms with van der Waals surface area (Å²) >= 11 is 0. The fourth-order valence-corrected chi connectivity index (χ4v) is 0.863. The van der Waals surface area contributed by atoms with Gasteiger partial charge in [-0.05, 0) is 40.2 Å². The molecule has 0 bridgehead atoms. The number of unbranched alkanes of at least 4 members (excludes halogenated alkanes) is 1. The van der Waals surface area contributed by atoms with Crippen LogP contribution in [-0.4, -0.2) is 24.8 Å². The second kappa shape index (κ2) is 5.80. The second-order valence-electron chi connectivity index (χ2n) is 4.05. The molecule has 0 aliphatic rings. The van der Waals surface area contributed by atoms with Crippen molar-refractivity contribution in [1.29, 1.82) is 0 Å². The predicted molar refractivity (Wildman–Crippen MR) is 52.5 cm³/mol. The van der Waals surface area contributed by atoms with Gasteiger partial charge in [0.1, 0.15) is 0 Å². The van der Waals surface area contributed by atoms with Gasteiger partial charge >= 0.3 is 6.09 Å². The van der Waals surface area contributed by atoms with Crippen LogP contribution in [0.2, 0.25) is 0 Å². The molecule has 1 amide bonds. The lowest BCUT2D eigenvalue weighted by molar-refractivity contribution is 0.154. The zero-order valence-electron chi connectivity index (χ0n) is 8.72. The fourth-order valence-electron chi connectivity index (χ4n) is 0.863. The van der Waals surface area contributed by atoms with Gasteiger partial charge in [-0.15, -0.1) is 0 Å². The molecule has 0 aromatic rings. The minimum Gasteiger partial charge on any atom is -0.450 e. The average Bonchev–Trinajstić information content (AvgIpc) is 1.93. The Morgan fingerprint density at radius 1 is 1.38 bits per heavy atom. The molecule has 0 radical (unpaired) electrons. The van der Waals surface area contributed by atoms with Gasteiger partial charge in [-0.3, -0.25) is 0 Å². The molecule has 3 N–H and O–H groups in total. The number of carbonyl (C=O) groups excluding carboxylic acids is 1. The van der Waals surface area contributed by atoms with Gasteiger partial charge < -0.3 is 15.8 Å². The first-order valence-electron chi connectivity index (χ1n) is 4.59. The van der Waals surface area contributed by atoms with Crippen LogP contribution in [0, 0.1) is 0 Å². The van der Waals surface area contributed by atoms with E-state index in [-0.39, 0.29) is 5.54 Å². The first kappa shape index (κ1) is 12.2. The highest BCUT2D eigenvalue weighted by molar-refractivity contribution is 5.64. The zero-order chi connectivity index (χ0) is 10.3. The van der Waals surface area contributed by atoms with Crippen LogP contribution in [0.1, 0.15) is 33.6 Å². The molecule has 0 saturated heterocycles. The van der Waals surface area contributed by atoms with E-state index in [4.69, 9.17) is 5.73 Å². The topological polar surface area (TPSA) is 64.3 Å². The molecular weight excluding hydrogens is 168 g/mol. The highest BCUT2D eigenvalue weighted by Gasteiger charge is 2.06. The summed E-state index contributed by atoms with van der Waals surface area (Å²) in [5.74, 6) is 0. The summed E-state index contributed by atoms with van der Waals surface area (Å²) in [4.78, 5) is 10.2. The average molecular weight is 188 g/mol. The van der Waals surface area contributed by atoms with Crippen LogP contribution in [-0.2, 0) is 4.74 Å². The van der Waals surface area contributed by atoms with Crippen molar-refractivity contribution in [2.45, 2.75) is 39.2 Å². The third kappa shape index (κ3) is 11.2. The van der Waals surface area contributed by atoms with Crippen molar-refractivity contribution in [1.82, 2.24) is 5.32 Å². The Bertz CT molecular complexity index is 152. The normalized spacial score (nSPS) is 11.3. The molecule has 0 heterocycles. The number of hydrogen-bond donors (Lipinski definition) is 2. The summed E-state index contributed by atoms with van der Waals surface area (Å²) in [7, 11) is 0. The van der Waals surface area contributed by atoms with Gasteiger partial charge in [0.25, 0.3) is 0 Å². The smallest absolute Gasteiger partial charge is 0.404 e. The predicted octanol–water partition coefficient (Wildman–Crippen LogP) is 1.25. The summed E-state index contributed by atoms with van der Waals surface area (Å²) in [5.41, 5.74) is 4.96. The number of amides is 1. The number of rotatable bonds is 5. The molecule has 13 heavy (non-hydrogen) atoms. The van der Waals surface area contributed by atoms with Crippen molar-refractivity contribution in [3.8, 4) is 0 Å². The van der Waals surface area contributed by atoms with Crippen molar-refractivity contribution in [2.75, 3.05) is 13.2 Å². The van der Waals surface area contributed by atoms with Crippen LogP contribution in [0.25, 0.3) is 0 Å². The van der Waals surface area contributed by atoms with E-state index < -0.39 is 6.09 Å². The molecule has 0 spiro atoms. The molecule has 0 aliphatic heterocycles. The number of hydrogen-bond acceptors (Lipinski definition) is 3. The Hall–Kier alpha value is -0.770. The van der Waals surface area contributed by atoms with E-state index in [0.29, 0.717) is 6.61 Å². The second-order valence-corrected chi connectivity index (χ2v) is 4.05. The molecule has 78 valence electrons. The maximum absolute atomic E-state index is 10.2. The van der Waals surface area contributed by atoms with Gasteiger partial charge in [0, 0.05) is 5.54 Å². The molecule has 0 rings (SSSR count). The summed E-state index contributed by atoms with van der Waals surface area (Å²) in [5, 5.41) is 3.34. The number of nitrogens with two attached hydrogens (primary N) is 1. The summed E-state index contributed by atoms with van der Waals surface area (Å²) in [6, 6.07) is 0. The van der Waals surface area contributed by atoms with Crippen LogP contribution >= 0.6 is 0 Å². The molecule has 4 nitrogen and oxygen atoms in total. The van der Waals surface area contributed by atoms with E-state index in [1.165, 1.54) is 0 Å². The molecule has 0 fully saturated rings. The fraction of sp³-hybridized carbons (Fsp3) is 0.889. The lowest BCUT2D eigenvalue weighted by Gasteiger charge is -2.20. The Morgan fingerprint density at radius 2 is 2.00 bits per heavy atom. The van der Waals surface area contributed by atoms with E-state index >= 15 is 0 Å². The highest BCUT2D eigenvalue weighted by atomic mass is 16.5. The maximum Gasteiger partial charge on any atom is 0.404 e. The first-order valence-corrected chi connectivity index (χ1v) is 4.59. The van der Waals surface area contributed by atoms with Gasteiger partial charge in [-0.25, -0.2) is 4.79 Å². The Kier molecular flexibility index (Phi) is 5.46. The van der Waals surface area contributed by atoms with E-state index in [1.807, 2.05) is 0 Å². The third-order valence-electron chi connectivity index (χ3n) is 1.47. The molecular formula is C9H20N2O2. The number of primary amides is 1. The number of ether oxygens (including phenoxy) is 1. The van der Waals surface area contributed by atoms with Gasteiger partial charge in [-0.2, -0.15) is 0 Å². The van der Waals surface area contributed by atoms with Crippen LogP contribution in [0.15, 0.2) is 0 Å². The minimum atomic E-state index is -0.691. The molecule has 0 unspecified atom stereocenters. The summed E-state index contributed by atoms with van der Waals surface area (Å²) in [6.45, 7) is 7.71. The van der Waals surface area contributed by atoms with Crippen molar-refractivity contribution >= 4 is 6.09 Å². The minimum absolute atomic E-state index is 0.157. The van der Waals surface area contributed by atoms with Crippen molar-refractivity contribution in [3.05, 3.63) is 0 Å². The Morgan fingerprint density at radius 3 is 2.46 bits per heavy atom. The summed E-state index contributed by atoms with van der Waals surface area (Å²) < 4.78 is 4.59. The van der Waals surface area contributed by atoms with Gasteiger partial charge in [-0.1, -0.05) is 0 Å². The monoisotopic (exact) mass is 188 g/mol. The number of carbonyl (C=O) groups is 1. The van der Waals surface area contributed by atoms with E-state index in [2.05, 4.69) is 30.8 Å². The molecule has 0 atom stereocenters. The SMILES string of the molecule is CC(C)(C)NCCCCOC(N)=O. The van der Waals surface area contributed by atoms with Gasteiger partial charge in [0.15, 0.2) is 0 Å². The molecule has 0 aromatic heterocycles. The molecule has 4 heteroatoms. The van der Waals surface area contributed by atoms with E-state index in [0.717, 1.165) is 19.4 Å². The van der Waals surface area contributed by atoms with Gasteiger partial charge in [0.05, 0.1) is 6.61 Å². The third-order valence-corrected chi connectivity index (χ3v) is 1.47. The molecule has 0 aliphatic carbocycles. The van der Waals surface area contributed by atoms with Crippen LogP contribution in [0.4, 0.5) is 4.79 Å². The quantitative estimate of drug-likeness (QED) is 0.638. The highest BCUT2D eigenvalue weighted by Crippen LogP contribution is 1.99. The van der Waals surface area contributed by atoms with Gasteiger partial charge in [0.2, 0.25) is 0 Å². The Balaban J connectivity index is 3.13. The molecule has 0 saturated carbocycles. The first-order chi connectivity index (χ1) is 5.92. The Labute approximate surface area is 79.8 Å². The standard InChI is InChI=1S/C9H20N2O2/c1-9(2,3)11-6-4-5-7-13-8(10)12/h11H,4-7H2,1-3H3,(H2,10,12). The van der Waals surface area contributed by atoms with Crippen molar-refractivity contribution in [3.63, 3.8) is 0 Å². The lowest BCUT2D eigenvalue weighted by Crippen LogP contribution is -2.36. The van der Waals surface area contributed by atoms with Crippen molar-refractivity contribution < 1.29 is 9.53 Å². The van der Waals surface area contributed by atoms with Crippen LogP contribution in [0.3, 0.4) is 0 Å². The zero-order valence-corrected chi connectivity index (χ0v) is 8.72. The maximum atomic E-state index is 10.2.